The number of hydrogen-bond donors (Lipinski definition) is 3. The molecule has 0 saturated heterocycles. The molecule has 13 heteroatoms. The normalized spacial score (nSPS) is 11.5. The number of aromatic nitrogens is 2. The number of carbonyl (C=O) groups excluding carboxylic acids is 2. The molecule has 0 unspecified atom stereocenters. The van der Waals surface area contributed by atoms with Gasteiger partial charge in [-0.25, -0.2) is 4.98 Å². The summed E-state index contributed by atoms with van der Waals surface area (Å²) in [6, 6.07) is 12.4. The van der Waals surface area contributed by atoms with E-state index in [1.807, 2.05) is 0 Å². The van der Waals surface area contributed by atoms with Crippen molar-refractivity contribution in [1.82, 2.24) is 9.97 Å². The molecule has 0 fully saturated rings. The zero-order valence-electron chi connectivity index (χ0n) is 21.9. The Morgan fingerprint density at radius 2 is 1.76 bits per heavy atom. The van der Waals surface area contributed by atoms with Crippen LogP contribution in [0, 0.1) is 6.92 Å². The van der Waals surface area contributed by atoms with Crippen LogP contribution in [-0.4, -0.2) is 41.7 Å². The Morgan fingerprint density at radius 1 is 1.00 bits per heavy atom. The van der Waals surface area contributed by atoms with Crippen LogP contribution in [0.2, 0.25) is 10.0 Å². The lowest BCUT2D eigenvalue weighted by Gasteiger charge is -2.13. The average molecular weight is 609 g/mol. The minimum atomic E-state index is -4.28. The molecule has 0 aliphatic heterocycles. The second kappa shape index (κ2) is 12.8. The predicted molar refractivity (Wildman–Crippen MR) is 151 cm³/mol. The maximum absolute atomic E-state index is 13.4. The number of aromatic amines is 1. The van der Waals surface area contributed by atoms with Gasteiger partial charge < -0.3 is 25.1 Å². The summed E-state index contributed by atoms with van der Waals surface area (Å²) in [5.41, 5.74) is 2.48. The van der Waals surface area contributed by atoms with Crippen LogP contribution in [0.5, 0.6) is 5.75 Å². The van der Waals surface area contributed by atoms with Gasteiger partial charge in [0.2, 0.25) is 0 Å². The number of halogens is 5. The summed E-state index contributed by atoms with van der Waals surface area (Å²) in [5, 5.41) is 6.14. The van der Waals surface area contributed by atoms with E-state index in [2.05, 4.69) is 20.6 Å². The van der Waals surface area contributed by atoms with Gasteiger partial charge in [0, 0.05) is 29.9 Å². The largest absolute Gasteiger partial charge is 0.494 e. The minimum absolute atomic E-state index is 0.0327. The first-order valence-electron chi connectivity index (χ1n) is 12.3. The number of anilines is 2. The van der Waals surface area contributed by atoms with Gasteiger partial charge in [0.15, 0.2) is 0 Å². The van der Waals surface area contributed by atoms with Crippen molar-refractivity contribution in [2.75, 3.05) is 24.4 Å². The van der Waals surface area contributed by atoms with Gasteiger partial charge in [-0.15, -0.1) is 0 Å². The van der Waals surface area contributed by atoms with E-state index in [0.717, 1.165) is 0 Å². The number of ether oxygens (including phenoxy) is 2. The van der Waals surface area contributed by atoms with E-state index in [4.69, 9.17) is 32.7 Å². The zero-order chi connectivity index (χ0) is 29.7. The first kappa shape index (κ1) is 30.2. The molecular weight excluding hydrogens is 584 g/mol. The summed E-state index contributed by atoms with van der Waals surface area (Å²) >= 11 is 12.4. The summed E-state index contributed by atoms with van der Waals surface area (Å²) in [5.74, 6) is -0.452. The maximum atomic E-state index is 13.4. The van der Waals surface area contributed by atoms with Gasteiger partial charge in [0.05, 0.1) is 28.3 Å². The summed E-state index contributed by atoms with van der Waals surface area (Å²) in [7, 11) is 1.51. The fourth-order valence-corrected chi connectivity index (χ4v) is 4.36. The molecule has 2 amide bonds. The van der Waals surface area contributed by atoms with E-state index in [0.29, 0.717) is 33.1 Å². The first-order chi connectivity index (χ1) is 19.4. The van der Waals surface area contributed by atoms with Gasteiger partial charge in [0.25, 0.3) is 11.8 Å². The minimum Gasteiger partial charge on any atom is -0.494 e. The summed E-state index contributed by atoms with van der Waals surface area (Å²) in [4.78, 5) is 34.1. The number of nitrogens with one attached hydrogen (secondary N) is 3. The van der Waals surface area contributed by atoms with Crippen LogP contribution in [0.4, 0.5) is 24.5 Å². The maximum Gasteiger partial charge on any atom is 0.389 e. The monoisotopic (exact) mass is 608 g/mol. The standard InChI is InChI=1S/C28H25Cl2F3N4O4/c1-15-20(29)5-3-6-22(15)36-27(39)19-11-16(12-23-25(19)37-24(35-23)14-40-2)34-26(38)18-13-17(7-8-21(18)30)41-10-4-9-28(31,32)33/h3,5-8,11-13H,4,9-10,14H2,1-2H3,(H,34,38)(H,35,37)(H,36,39). The molecule has 8 nitrogen and oxygen atoms in total. The number of fused-ring (bicyclic) bond motifs is 1. The number of hydrogen-bond acceptors (Lipinski definition) is 5. The van der Waals surface area contributed by atoms with E-state index >= 15 is 0 Å². The third kappa shape index (κ3) is 7.69. The van der Waals surface area contributed by atoms with E-state index in [-0.39, 0.29) is 47.2 Å². The molecule has 216 valence electrons. The summed E-state index contributed by atoms with van der Waals surface area (Å²) in [6.07, 6.45) is -5.50. The second-order valence-electron chi connectivity index (χ2n) is 9.07. The van der Waals surface area contributed by atoms with Crippen LogP contribution in [-0.2, 0) is 11.3 Å². The van der Waals surface area contributed by atoms with Crippen LogP contribution in [0.25, 0.3) is 11.0 Å². The highest BCUT2D eigenvalue weighted by Crippen LogP contribution is 2.29. The SMILES string of the molecule is COCc1nc2c(C(=O)Nc3cccc(Cl)c3C)cc(NC(=O)c3cc(OCCCC(F)(F)F)ccc3Cl)cc2[nH]1. The van der Waals surface area contributed by atoms with Crippen molar-refractivity contribution in [2.24, 2.45) is 0 Å². The highest BCUT2D eigenvalue weighted by molar-refractivity contribution is 6.34. The molecule has 0 bridgehead atoms. The highest BCUT2D eigenvalue weighted by atomic mass is 35.5. The Morgan fingerprint density at radius 3 is 2.49 bits per heavy atom. The number of alkyl halides is 3. The van der Waals surface area contributed by atoms with Crippen molar-refractivity contribution in [3.05, 3.63) is 81.1 Å². The number of methoxy groups -OCH3 is 1. The third-order valence-electron chi connectivity index (χ3n) is 5.99. The lowest BCUT2D eigenvalue weighted by molar-refractivity contribution is -0.136. The fraction of sp³-hybridized carbons (Fsp3) is 0.250. The summed E-state index contributed by atoms with van der Waals surface area (Å²) < 4.78 is 47.7. The van der Waals surface area contributed by atoms with E-state index in [9.17, 15) is 22.8 Å². The Labute approximate surface area is 243 Å². The van der Waals surface area contributed by atoms with Crippen molar-refractivity contribution in [1.29, 1.82) is 0 Å². The molecule has 0 radical (unpaired) electrons. The zero-order valence-corrected chi connectivity index (χ0v) is 23.4. The summed E-state index contributed by atoms with van der Waals surface area (Å²) in [6.45, 7) is 1.75. The van der Waals surface area contributed by atoms with Gasteiger partial charge >= 0.3 is 6.18 Å². The van der Waals surface area contributed by atoms with Crippen LogP contribution in [0.15, 0.2) is 48.5 Å². The number of amides is 2. The smallest absolute Gasteiger partial charge is 0.389 e. The number of H-pyrrole nitrogens is 1. The molecule has 0 spiro atoms. The molecule has 0 aliphatic carbocycles. The van der Waals surface area contributed by atoms with Crippen molar-refractivity contribution >= 4 is 57.4 Å². The molecule has 0 atom stereocenters. The Bertz CT molecular complexity index is 1590. The molecule has 41 heavy (non-hydrogen) atoms. The van der Waals surface area contributed by atoms with Crippen molar-refractivity contribution in [2.45, 2.75) is 32.5 Å². The van der Waals surface area contributed by atoms with Gasteiger partial charge in [-0.3, -0.25) is 9.59 Å². The fourth-order valence-electron chi connectivity index (χ4n) is 3.98. The highest BCUT2D eigenvalue weighted by Gasteiger charge is 2.26. The van der Waals surface area contributed by atoms with Crippen LogP contribution in [0.1, 0.15) is 44.9 Å². The van der Waals surface area contributed by atoms with Crippen LogP contribution in [0.3, 0.4) is 0 Å². The van der Waals surface area contributed by atoms with E-state index in [1.165, 1.54) is 31.4 Å². The average Bonchev–Trinajstić information content (AvgIpc) is 3.31. The lowest BCUT2D eigenvalue weighted by Crippen LogP contribution is -2.16. The molecule has 3 N–H and O–H groups in total. The van der Waals surface area contributed by atoms with Crippen molar-refractivity contribution < 1.29 is 32.2 Å². The molecule has 4 aromatic rings. The molecule has 1 heterocycles. The predicted octanol–water partition coefficient (Wildman–Crippen LogP) is 7.55. The molecule has 0 aliphatic rings. The van der Waals surface area contributed by atoms with Crippen LogP contribution < -0.4 is 15.4 Å². The molecule has 0 saturated carbocycles. The number of imidazole rings is 1. The van der Waals surface area contributed by atoms with Gasteiger partial charge in [0.1, 0.15) is 23.7 Å². The third-order valence-corrected chi connectivity index (χ3v) is 6.73. The number of rotatable bonds is 10. The van der Waals surface area contributed by atoms with E-state index in [1.54, 1.807) is 31.2 Å². The van der Waals surface area contributed by atoms with E-state index < -0.39 is 24.4 Å². The Balaban J connectivity index is 1.60. The Kier molecular flexibility index (Phi) is 9.42. The van der Waals surface area contributed by atoms with Gasteiger partial charge in [-0.2, -0.15) is 13.2 Å². The van der Waals surface area contributed by atoms with Crippen molar-refractivity contribution in [3.63, 3.8) is 0 Å². The number of carbonyl (C=O) groups is 2. The number of nitrogens with zero attached hydrogens (tertiary/aromatic N) is 1. The molecule has 3 aromatic carbocycles. The number of benzene rings is 3. The first-order valence-corrected chi connectivity index (χ1v) is 13.1. The van der Waals surface area contributed by atoms with Gasteiger partial charge in [-0.05, 0) is 61.4 Å². The topological polar surface area (TPSA) is 105 Å². The molecule has 4 rings (SSSR count). The molecule has 1 aromatic heterocycles. The van der Waals surface area contributed by atoms with Gasteiger partial charge in [-0.1, -0.05) is 29.3 Å². The quantitative estimate of drug-likeness (QED) is 0.161. The second-order valence-corrected chi connectivity index (χ2v) is 9.88. The molecular formula is C28H25Cl2F3N4O4. The van der Waals surface area contributed by atoms with Crippen molar-refractivity contribution in [3.8, 4) is 5.75 Å². The lowest BCUT2D eigenvalue weighted by atomic mass is 10.1. The Hall–Kier alpha value is -3.80. The van der Waals surface area contributed by atoms with Crippen LogP contribution >= 0.6 is 23.2 Å².